The lowest BCUT2D eigenvalue weighted by Crippen LogP contribution is -2.16. The average molecular weight is 1560 g/mol. The van der Waals surface area contributed by atoms with Gasteiger partial charge in [0.15, 0.2) is 23.3 Å². The summed E-state index contributed by atoms with van der Waals surface area (Å²) >= 11 is 0. The Bertz CT molecular complexity index is 8250. The van der Waals surface area contributed by atoms with Crippen molar-refractivity contribution in [3.63, 3.8) is 0 Å². The molecule has 1 aliphatic rings. The molecule has 19 aromatic carbocycles. The second kappa shape index (κ2) is 28.1. The van der Waals surface area contributed by atoms with Gasteiger partial charge in [-0.2, -0.15) is 21.0 Å². The van der Waals surface area contributed by atoms with Crippen LogP contribution in [0.15, 0.2) is 352 Å². The maximum Gasteiger partial charge on any atom is 0.180 e. The topological polar surface area (TPSA) is 115 Å². The minimum atomic E-state index is -1.74. The fourth-order valence-electron chi connectivity index (χ4n) is 19.2. The van der Waals surface area contributed by atoms with E-state index in [1.807, 2.05) is 12.1 Å². The van der Waals surface area contributed by atoms with E-state index < -0.39 is 34.4 Å². The number of fused-ring (bicyclic) bond motifs is 25. The van der Waals surface area contributed by atoms with Gasteiger partial charge in [0, 0.05) is 48.7 Å². The average Bonchev–Trinajstić information content (AvgIpc) is 1.54. The third-order valence-electron chi connectivity index (χ3n) is 24.3. The predicted octanol–water partition coefficient (Wildman–Crippen LogP) is 28.2. The highest BCUT2D eigenvalue weighted by Crippen LogP contribution is 2.54. The van der Waals surface area contributed by atoms with Gasteiger partial charge in [0.25, 0.3) is 0 Å². The molecule has 0 spiro atoms. The van der Waals surface area contributed by atoms with E-state index >= 15 is 0 Å². The summed E-state index contributed by atoms with van der Waals surface area (Å²) in [5, 5.41) is 61.5. The van der Waals surface area contributed by atoms with Crippen LogP contribution >= 0.6 is 0 Å². The van der Waals surface area contributed by atoms with Gasteiger partial charge in [-0.3, -0.25) is 0 Å². The molecule has 0 atom stereocenters. The van der Waals surface area contributed by atoms with Crippen LogP contribution in [0.2, 0.25) is 0 Å². The van der Waals surface area contributed by atoms with Gasteiger partial charge in [0.1, 0.15) is 23.3 Å². The van der Waals surface area contributed by atoms with Crippen molar-refractivity contribution in [3.05, 3.63) is 408 Å². The molecule has 564 valence electrons. The first kappa shape index (κ1) is 70.9. The number of halogens is 4. The van der Waals surface area contributed by atoms with Crippen LogP contribution in [0.4, 0.5) is 17.6 Å². The number of para-hydroxylation sites is 4. The molecule has 0 saturated heterocycles. The van der Waals surface area contributed by atoms with Crippen LogP contribution < -0.4 is 0 Å². The standard InChI is InChI=1S/C78H44N6.C17H12.C14H4F4N2/c79-45-47-33-35-52(36-34-47)70-77(83-64-31-15-11-27-59(64)73-55-23-7-3-19-50(55)39-43-68(73)83)75(81-62-29-13-9-25-57(62)71-53-21-5-1-17-48(53)37-41-66(71)81)61(46-80)76(82-63-30-14-10-26-58(63)72-54-22-6-2-18-49(54)38-42-67(72)82)78(70)84-65-32-16-12-28-60(65)74-56-24-8-4-20-51(56)40-44-69(74)84;1-3-7-15-12(5-1)9-10-14-11-13-6-2-4-8-16(13)17(14)15;15-11-9(6-20)12(16)14(18)10(13(11)17)8-3-1-7(5-19)2-4-8/h1-44H;1-10H,11H2;1-4H. The zero-order valence-electron chi connectivity index (χ0n) is 64.3. The number of nitrogens with zero attached hydrogens (tertiary/aromatic N) is 8. The molecular formula is C109H60F4N8. The minimum Gasteiger partial charge on any atom is -0.306 e. The summed E-state index contributed by atoms with van der Waals surface area (Å²) < 4.78 is 64.2. The molecular weight excluding hydrogens is 1500 g/mol. The zero-order valence-corrected chi connectivity index (χ0v) is 64.3. The lowest BCUT2D eigenvalue weighted by Gasteiger charge is -2.29. The SMILES string of the molecule is N#Cc1ccc(-c2c(-n3c4ccccc4c4c5ccccc5ccc43)c(-n3c4ccccc4c4c5ccccc5ccc43)c(C#N)c(-n3c4ccccc4c4c5ccccc5ccc43)c2-n2c3ccccc3c3c4ccccc4ccc32)cc1.N#Cc1ccc(-c2c(F)c(F)c(C#N)c(F)c2F)cc1.c1ccc2c(c1)Cc1ccc3ccccc3c1-2. The molecule has 1 aliphatic carbocycles. The number of rotatable bonds is 6. The summed E-state index contributed by atoms with van der Waals surface area (Å²) in [6.07, 6.45) is 1.08. The number of aromatic nitrogens is 4. The number of hydrogen-bond acceptors (Lipinski definition) is 4. The van der Waals surface area contributed by atoms with E-state index in [-0.39, 0.29) is 11.1 Å². The maximum absolute atomic E-state index is 13.8. The quantitative estimate of drug-likeness (QED) is 0.122. The number of nitriles is 4. The number of hydrogen-bond donors (Lipinski definition) is 0. The molecule has 24 rings (SSSR count). The lowest BCUT2D eigenvalue weighted by molar-refractivity contribution is 0.454. The number of benzene rings is 19. The van der Waals surface area contributed by atoms with Crippen molar-refractivity contribution in [2.24, 2.45) is 0 Å². The maximum atomic E-state index is 13.8. The molecule has 4 heterocycles. The smallest absolute Gasteiger partial charge is 0.180 e. The Labute approximate surface area is 689 Å². The molecule has 0 bridgehead atoms. The van der Waals surface area contributed by atoms with Gasteiger partial charge in [-0.05, 0) is 166 Å². The monoisotopic (exact) mass is 1560 g/mol. The van der Waals surface area contributed by atoms with Crippen LogP contribution in [-0.4, -0.2) is 18.3 Å². The third kappa shape index (κ3) is 10.7. The molecule has 0 N–H and O–H groups in total. The normalized spacial score (nSPS) is 11.7. The van der Waals surface area contributed by atoms with Crippen molar-refractivity contribution in [3.8, 4) is 80.4 Å². The molecule has 121 heavy (non-hydrogen) atoms. The van der Waals surface area contributed by atoms with Crippen molar-refractivity contribution < 1.29 is 17.6 Å². The Morgan fingerprint density at radius 1 is 0.215 bits per heavy atom. The van der Waals surface area contributed by atoms with Gasteiger partial charge < -0.3 is 18.3 Å². The van der Waals surface area contributed by atoms with E-state index in [2.05, 4.69) is 346 Å². The minimum absolute atomic E-state index is 0.138. The molecule has 0 unspecified atom stereocenters. The van der Waals surface area contributed by atoms with Crippen LogP contribution in [0, 0.1) is 68.6 Å². The van der Waals surface area contributed by atoms with Gasteiger partial charge >= 0.3 is 0 Å². The van der Waals surface area contributed by atoms with Crippen molar-refractivity contribution in [1.29, 1.82) is 21.0 Å². The van der Waals surface area contributed by atoms with Gasteiger partial charge in [-0.1, -0.05) is 279 Å². The second-order valence-corrected chi connectivity index (χ2v) is 30.5. The van der Waals surface area contributed by atoms with Gasteiger partial charge in [0.2, 0.25) is 0 Å². The zero-order chi connectivity index (χ0) is 81.4. The summed E-state index contributed by atoms with van der Waals surface area (Å²) in [5.74, 6) is -6.79. The molecule has 4 aromatic heterocycles. The van der Waals surface area contributed by atoms with Crippen LogP contribution in [0.1, 0.15) is 33.4 Å². The highest BCUT2D eigenvalue weighted by Gasteiger charge is 2.37. The molecule has 0 radical (unpaired) electrons. The van der Waals surface area contributed by atoms with Crippen molar-refractivity contribution in [2.75, 3.05) is 0 Å². The fourth-order valence-corrected chi connectivity index (χ4v) is 19.2. The summed E-state index contributed by atoms with van der Waals surface area (Å²) in [6.45, 7) is 0. The summed E-state index contributed by atoms with van der Waals surface area (Å²) in [4.78, 5) is 0. The molecule has 12 heteroatoms. The molecule has 0 aliphatic heterocycles. The Morgan fingerprint density at radius 2 is 0.512 bits per heavy atom. The van der Waals surface area contributed by atoms with E-state index in [9.17, 15) is 28.1 Å². The van der Waals surface area contributed by atoms with Crippen LogP contribution in [-0.2, 0) is 6.42 Å². The largest absolute Gasteiger partial charge is 0.306 e. The van der Waals surface area contributed by atoms with Crippen LogP contribution in [0.3, 0.4) is 0 Å². The van der Waals surface area contributed by atoms with Crippen LogP contribution in [0.5, 0.6) is 0 Å². The molecule has 23 aromatic rings. The molecule has 0 amide bonds. The fraction of sp³-hybridized carbons (Fsp3) is 0.00917. The molecule has 0 fully saturated rings. The van der Waals surface area contributed by atoms with E-state index in [0.29, 0.717) is 11.1 Å². The van der Waals surface area contributed by atoms with Gasteiger partial charge in [0.05, 0.1) is 95.7 Å². The first-order valence-corrected chi connectivity index (χ1v) is 39.8. The highest BCUT2D eigenvalue weighted by molar-refractivity contribution is 6.27. The summed E-state index contributed by atoms with van der Waals surface area (Å²) in [7, 11) is 0. The van der Waals surface area contributed by atoms with E-state index in [1.54, 1.807) is 6.07 Å². The summed E-state index contributed by atoms with van der Waals surface area (Å²) in [5.41, 5.74) is 17.4. The van der Waals surface area contributed by atoms with Gasteiger partial charge in [-0.25, -0.2) is 17.6 Å². The van der Waals surface area contributed by atoms with Crippen molar-refractivity contribution >= 4 is 141 Å². The first-order valence-electron chi connectivity index (χ1n) is 39.8. The lowest BCUT2D eigenvalue weighted by atomic mass is 9.93. The third-order valence-corrected chi connectivity index (χ3v) is 24.3. The second-order valence-electron chi connectivity index (χ2n) is 30.5. The first-order chi connectivity index (χ1) is 59.6. The van der Waals surface area contributed by atoms with Crippen molar-refractivity contribution in [2.45, 2.75) is 6.42 Å². The predicted molar refractivity (Wildman–Crippen MR) is 482 cm³/mol. The Kier molecular flexibility index (Phi) is 16.5. The molecule has 8 nitrogen and oxygen atoms in total. The van der Waals surface area contributed by atoms with E-state index in [4.69, 9.17) is 10.5 Å². The summed E-state index contributed by atoms with van der Waals surface area (Å²) in [6, 6.07) is 131. The van der Waals surface area contributed by atoms with Gasteiger partial charge in [-0.15, -0.1) is 0 Å². The Morgan fingerprint density at radius 3 is 0.876 bits per heavy atom. The Hall–Kier alpha value is -16.6. The highest BCUT2D eigenvalue weighted by atomic mass is 19.2. The van der Waals surface area contributed by atoms with E-state index in [0.717, 1.165) is 189 Å². The molecule has 0 saturated carbocycles. The Balaban J connectivity index is 0.000000193. The van der Waals surface area contributed by atoms with E-state index in [1.165, 1.54) is 45.2 Å². The van der Waals surface area contributed by atoms with Crippen LogP contribution in [0.25, 0.3) is 197 Å². The van der Waals surface area contributed by atoms with Crippen molar-refractivity contribution in [1.82, 2.24) is 18.3 Å².